The standard InChI is InChI=1S/C15H29N3O3/c1-2-16-15(18-8-6-13(19)11-18)17-7-4-9-20-12-14-5-3-10-21-14/h13-14,19H,2-12H2,1H3,(H,16,17)/t13-,14?/m1/s1. The molecule has 2 saturated heterocycles. The van der Waals surface area contributed by atoms with Crippen LogP contribution in [0, 0.1) is 0 Å². The maximum atomic E-state index is 9.61. The first-order valence-corrected chi connectivity index (χ1v) is 8.20. The summed E-state index contributed by atoms with van der Waals surface area (Å²) in [6, 6.07) is 0. The SMILES string of the molecule is CCNC(=NCCCOCC1CCCO1)N1CC[C@@H](O)C1. The Labute approximate surface area is 127 Å². The van der Waals surface area contributed by atoms with Gasteiger partial charge in [-0.3, -0.25) is 4.99 Å². The highest BCUT2D eigenvalue weighted by atomic mass is 16.5. The summed E-state index contributed by atoms with van der Waals surface area (Å²) in [6.45, 7) is 7.54. The van der Waals surface area contributed by atoms with Gasteiger partial charge in [-0.25, -0.2) is 0 Å². The molecule has 2 aliphatic rings. The molecule has 0 aromatic carbocycles. The third-order valence-corrected chi connectivity index (χ3v) is 3.83. The van der Waals surface area contributed by atoms with Crippen LogP contribution in [0.5, 0.6) is 0 Å². The predicted octanol–water partition coefficient (Wildman–Crippen LogP) is 0.604. The molecule has 2 rings (SSSR count). The fraction of sp³-hybridized carbons (Fsp3) is 0.933. The Hall–Kier alpha value is -0.850. The number of likely N-dealkylation sites (tertiary alicyclic amines) is 1. The van der Waals surface area contributed by atoms with Crippen molar-refractivity contribution in [3.05, 3.63) is 0 Å². The van der Waals surface area contributed by atoms with Gasteiger partial charge < -0.3 is 24.8 Å². The number of hydrogen-bond acceptors (Lipinski definition) is 4. The van der Waals surface area contributed by atoms with Gasteiger partial charge in [0.1, 0.15) is 0 Å². The first-order valence-electron chi connectivity index (χ1n) is 8.20. The lowest BCUT2D eigenvalue weighted by atomic mass is 10.2. The Kier molecular flexibility index (Phi) is 7.26. The molecular formula is C15H29N3O3. The van der Waals surface area contributed by atoms with Crippen LogP contribution in [-0.2, 0) is 9.47 Å². The molecule has 2 heterocycles. The van der Waals surface area contributed by atoms with E-state index in [4.69, 9.17) is 9.47 Å². The summed E-state index contributed by atoms with van der Waals surface area (Å²) >= 11 is 0. The van der Waals surface area contributed by atoms with Crippen LogP contribution in [0.25, 0.3) is 0 Å². The normalized spacial score (nSPS) is 26.6. The van der Waals surface area contributed by atoms with Gasteiger partial charge in [0.25, 0.3) is 0 Å². The fourth-order valence-corrected chi connectivity index (χ4v) is 2.70. The minimum atomic E-state index is -0.219. The van der Waals surface area contributed by atoms with Gasteiger partial charge in [0, 0.05) is 39.4 Å². The Balaban J connectivity index is 1.60. The molecule has 2 aliphatic heterocycles. The van der Waals surface area contributed by atoms with Crippen LogP contribution in [0.4, 0.5) is 0 Å². The lowest BCUT2D eigenvalue weighted by molar-refractivity contribution is 0.0170. The molecule has 0 aromatic rings. The lowest BCUT2D eigenvalue weighted by Crippen LogP contribution is -2.40. The van der Waals surface area contributed by atoms with Gasteiger partial charge in [0.2, 0.25) is 0 Å². The molecule has 6 nitrogen and oxygen atoms in total. The van der Waals surface area contributed by atoms with Crippen molar-refractivity contribution in [2.75, 3.05) is 46.0 Å². The Morgan fingerprint density at radius 3 is 3.05 bits per heavy atom. The van der Waals surface area contributed by atoms with Crippen molar-refractivity contribution in [1.82, 2.24) is 10.2 Å². The number of aliphatic hydroxyl groups excluding tert-OH is 1. The van der Waals surface area contributed by atoms with Crippen molar-refractivity contribution < 1.29 is 14.6 Å². The van der Waals surface area contributed by atoms with Gasteiger partial charge in [-0.1, -0.05) is 0 Å². The van der Waals surface area contributed by atoms with Crippen LogP contribution in [-0.4, -0.2) is 74.2 Å². The van der Waals surface area contributed by atoms with Gasteiger partial charge in [0.15, 0.2) is 5.96 Å². The van der Waals surface area contributed by atoms with Gasteiger partial charge in [-0.2, -0.15) is 0 Å². The maximum Gasteiger partial charge on any atom is 0.194 e. The highest BCUT2D eigenvalue weighted by Gasteiger charge is 2.22. The molecule has 0 aliphatic carbocycles. The van der Waals surface area contributed by atoms with Crippen LogP contribution in [0.1, 0.15) is 32.6 Å². The second kappa shape index (κ2) is 9.23. The zero-order valence-electron chi connectivity index (χ0n) is 13.1. The van der Waals surface area contributed by atoms with Crippen molar-refractivity contribution in [1.29, 1.82) is 0 Å². The molecule has 2 fully saturated rings. The minimum absolute atomic E-state index is 0.219. The third-order valence-electron chi connectivity index (χ3n) is 3.83. The zero-order valence-corrected chi connectivity index (χ0v) is 13.1. The number of nitrogens with one attached hydrogen (secondary N) is 1. The van der Waals surface area contributed by atoms with E-state index in [1.54, 1.807) is 0 Å². The van der Waals surface area contributed by atoms with Crippen LogP contribution in [0.2, 0.25) is 0 Å². The molecule has 2 N–H and O–H groups in total. The lowest BCUT2D eigenvalue weighted by Gasteiger charge is -2.20. The largest absolute Gasteiger partial charge is 0.391 e. The number of ether oxygens (including phenoxy) is 2. The Morgan fingerprint density at radius 1 is 1.48 bits per heavy atom. The highest BCUT2D eigenvalue weighted by Crippen LogP contribution is 2.12. The van der Waals surface area contributed by atoms with E-state index in [1.807, 2.05) is 0 Å². The van der Waals surface area contributed by atoms with E-state index in [1.165, 1.54) is 0 Å². The van der Waals surface area contributed by atoms with Crippen LogP contribution in [0.15, 0.2) is 4.99 Å². The summed E-state index contributed by atoms with van der Waals surface area (Å²) in [7, 11) is 0. The second-order valence-electron chi connectivity index (χ2n) is 5.69. The second-order valence-corrected chi connectivity index (χ2v) is 5.69. The first-order chi connectivity index (χ1) is 10.3. The van der Waals surface area contributed by atoms with Gasteiger partial charge in [-0.15, -0.1) is 0 Å². The van der Waals surface area contributed by atoms with Crippen molar-refractivity contribution in [3.63, 3.8) is 0 Å². The quantitative estimate of drug-likeness (QED) is 0.409. The van der Waals surface area contributed by atoms with Crippen LogP contribution in [0.3, 0.4) is 0 Å². The molecule has 6 heteroatoms. The molecule has 122 valence electrons. The number of aliphatic hydroxyl groups is 1. The topological polar surface area (TPSA) is 66.3 Å². The number of guanidine groups is 1. The molecule has 21 heavy (non-hydrogen) atoms. The number of aliphatic imine (C=N–C) groups is 1. The summed E-state index contributed by atoms with van der Waals surface area (Å²) in [5.74, 6) is 0.910. The van der Waals surface area contributed by atoms with E-state index >= 15 is 0 Å². The van der Waals surface area contributed by atoms with Gasteiger partial charge in [0.05, 0.1) is 18.8 Å². The Morgan fingerprint density at radius 2 is 2.38 bits per heavy atom. The summed E-state index contributed by atoms with van der Waals surface area (Å²) < 4.78 is 11.1. The number of nitrogens with zero attached hydrogens (tertiary/aromatic N) is 2. The monoisotopic (exact) mass is 299 g/mol. The summed E-state index contributed by atoms with van der Waals surface area (Å²) in [4.78, 5) is 6.73. The van der Waals surface area contributed by atoms with Crippen LogP contribution < -0.4 is 5.32 Å². The zero-order chi connectivity index (χ0) is 14.9. The van der Waals surface area contributed by atoms with E-state index in [9.17, 15) is 5.11 Å². The molecule has 0 radical (unpaired) electrons. The number of rotatable bonds is 7. The van der Waals surface area contributed by atoms with Crippen molar-refractivity contribution in [2.24, 2.45) is 4.99 Å². The number of β-amino-alcohol motifs (C(OH)–C–C–N with tert-alkyl or cyclic N) is 1. The maximum absolute atomic E-state index is 9.61. The average Bonchev–Trinajstić information content (AvgIpc) is 3.13. The number of hydrogen-bond donors (Lipinski definition) is 2. The molecule has 0 aromatic heterocycles. The first kappa shape index (κ1) is 16.5. The molecular weight excluding hydrogens is 270 g/mol. The Bertz CT molecular complexity index is 319. The summed E-state index contributed by atoms with van der Waals surface area (Å²) in [5, 5.41) is 12.9. The van der Waals surface area contributed by atoms with Crippen molar-refractivity contribution in [3.8, 4) is 0 Å². The average molecular weight is 299 g/mol. The minimum Gasteiger partial charge on any atom is -0.391 e. The molecule has 2 atom stereocenters. The van der Waals surface area contributed by atoms with E-state index in [0.29, 0.717) is 19.3 Å². The molecule has 0 bridgehead atoms. The van der Waals surface area contributed by atoms with Crippen molar-refractivity contribution in [2.45, 2.75) is 44.8 Å². The molecule has 1 unspecified atom stereocenters. The summed E-state index contributed by atoms with van der Waals surface area (Å²) in [6.07, 6.45) is 4.11. The van der Waals surface area contributed by atoms with E-state index in [2.05, 4.69) is 22.1 Å². The van der Waals surface area contributed by atoms with Gasteiger partial charge >= 0.3 is 0 Å². The van der Waals surface area contributed by atoms with E-state index < -0.39 is 0 Å². The van der Waals surface area contributed by atoms with Crippen molar-refractivity contribution >= 4 is 5.96 Å². The molecule has 0 amide bonds. The van der Waals surface area contributed by atoms with E-state index in [0.717, 1.165) is 64.5 Å². The highest BCUT2D eigenvalue weighted by molar-refractivity contribution is 5.80. The predicted molar refractivity (Wildman–Crippen MR) is 82.6 cm³/mol. The smallest absolute Gasteiger partial charge is 0.194 e. The summed E-state index contributed by atoms with van der Waals surface area (Å²) in [5.41, 5.74) is 0. The molecule has 0 spiro atoms. The fourth-order valence-electron chi connectivity index (χ4n) is 2.70. The van der Waals surface area contributed by atoms with Crippen LogP contribution >= 0.6 is 0 Å². The third kappa shape index (κ3) is 5.80. The van der Waals surface area contributed by atoms with E-state index in [-0.39, 0.29) is 6.10 Å². The molecule has 0 saturated carbocycles. The van der Waals surface area contributed by atoms with Gasteiger partial charge in [-0.05, 0) is 32.6 Å².